The molecule has 2 aromatic carbocycles. The summed E-state index contributed by atoms with van der Waals surface area (Å²) in [4.78, 5) is 30.2. The van der Waals surface area contributed by atoms with Gasteiger partial charge in [0.15, 0.2) is 11.5 Å². The van der Waals surface area contributed by atoms with E-state index in [1.165, 1.54) is 33.5 Å². The van der Waals surface area contributed by atoms with Gasteiger partial charge in [0.25, 0.3) is 11.8 Å². The fourth-order valence-electron chi connectivity index (χ4n) is 3.40. The van der Waals surface area contributed by atoms with Crippen LogP contribution in [-0.4, -0.2) is 45.5 Å². The van der Waals surface area contributed by atoms with Crippen molar-refractivity contribution in [2.24, 2.45) is 10.9 Å². The average molecular weight is 463 g/mol. The zero-order valence-electron chi connectivity index (χ0n) is 19.7. The van der Waals surface area contributed by atoms with Gasteiger partial charge in [-0.15, -0.1) is 0 Å². The molecule has 3 rings (SSSR count). The molecule has 0 bridgehead atoms. The minimum absolute atomic E-state index is 0.120. The molecule has 0 radical (unpaired) electrons. The minimum Gasteiger partial charge on any atom is -0.493 e. The van der Waals surface area contributed by atoms with Crippen LogP contribution in [0.25, 0.3) is 5.70 Å². The molecule has 176 valence electrons. The van der Waals surface area contributed by atoms with E-state index in [1.54, 1.807) is 24.3 Å². The number of nitriles is 1. The van der Waals surface area contributed by atoms with Gasteiger partial charge in [-0.2, -0.15) is 5.26 Å². The second-order valence-electron chi connectivity index (χ2n) is 7.81. The molecular formula is C25H26N4O5. The van der Waals surface area contributed by atoms with Crippen LogP contribution < -0.4 is 24.8 Å². The van der Waals surface area contributed by atoms with Crippen molar-refractivity contribution >= 4 is 23.3 Å². The Hall–Kier alpha value is -4.32. The molecule has 0 saturated heterocycles. The Labute approximate surface area is 198 Å². The van der Waals surface area contributed by atoms with Gasteiger partial charge >= 0.3 is 0 Å². The Kier molecular flexibility index (Phi) is 7.53. The van der Waals surface area contributed by atoms with Crippen molar-refractivity contribution in [3.63, 3.8) is 0 Å². The third-order valence-corrected chi connectivity index (χ3v) is 5.07. The summed E-state index contributed by atoms with van der Waals surface area (Å²) >= 11 is 0. The molecule has 0 spiro atoms. The topological polar surface area (TPSA) is 122 Å². The third-order valence-electron chi connectivity index (χ3n) is 5.07. The summed E-state index contributed by atoms with van der Waals surface area (Å²) in [7, 11) is 4.39. The maximum atomic E-state index is 13.1. The molecule has 1 aliphatic heterocycles. The van der Waals surface area contributed by atoms with Gasteiger partial charge in [-0.1, -0.05) is 38.1 Å². The Morgan fingerprint density at radius 2 is 1.65 bits per heavy atom. The molecule has 2 aromatic rings. The van der Waals surface area contributed by atoms with E-state index >= 15 is 0 Å². The quantitative estimate of drug-likeness (QED) is 0.482. The first-order valence-electron chi connectivity index (χ1n) is 10.6. The predicted molar refractivity (Wildman–Crippen MR) is 127 cm³/mol. The van der Waals surface area contributed by atoms with Crippen LogP contribution in [-0.2, 0) is 4.79 Å². The molecule has 0 unspecified atom stereocenters. The van der Waals surface area contributed by atoms with Crippen molar-refractivity contribution in [3.05, 3.63) is 58.7 Å². The van der Waals surface area contributed by atoms with Gasteiger partial charge in [0, 0.05) is 23.2 Å². The molecule has 9 nitrogen and oxygen atoms in total. The number of aliphatic imine (C=N–C) groups is 1. The average Bonchev–Trinajstić information content (AvgIpc) is 3.20. The van der Waals surface area contributed by atoms with Gasteiger partial charge in [-0.05, 0) is 18.1 Å². The third kappa shape index (κ3) is 4.86. The Bertz CT molecular complexity index is 1200. The van der Waals surface area contributed by atoms with E-state index in [2.05, 4.69) is 15.6 Å². The second-order valence-corrected chi connectivity index (χ2v) is 7.81. The van der Waals surface area contributed by atoms with Gasteiger partial charge in [0.05, 0.1) is 27.0 Å². The number of methoxy groups -OCH3 is 3. The van der Waals surface area contributed by atoms with Crippen LogP contribution in [0, 0.1) is 17.2 Å². The lowest BCUT2D eigenvalue weighted by Gasteiger charge is -2.14. The molecule has 2 amide bonds. The Balaban J connectivity index is 2.00. The number of amides is 2. The van der Waals surface area contributed by atoms with Crippen LogP contribution in [0.4, 0.5) is 0 Å². The summed E-state index contributed by atoms with van der Waals surface area (Å²) in [6, 6.07) is 12.1. The highest BCUT2D eigenvalue weighted by molar-refractivity contribution is 6.20. The van der Waals surface area contributed by atoms with Crippen molar-refractivity contribution < 1.29 is 23.8 Å². The minimum atomic E-state index is -0.512. The smallest absolute Gasteiger partial charge is 0.264 e. The fourth-order valence-corrected chi connectivity index (χ4v) is 3.40. The number of nitrogens with zero attached hydrogens (tertiary/aromatic N) is 2. The van der Waals surface area contributed by atoms with E-state index in [-0.39, 0.29) is 28.6 Å². The number of amidine groups is 1. The lowest BCUT2D eigenvalue weighted by molar-refractivity contribution is -0.117. The van der Waals surface area contributed by atoms with Gasteiger partial charge in [-0.3, -0.25) is 9.59 Å². The highest BCUT2D eigenvalue weighted by Gasteiger charge is 2.28. The van der Waals surface area contributed by atoms with Crippen molar-refractivity contribution in [2.75, 3.05) is 27.9 Å². The van der Waals surface area contributed by atoms with Gasteiger partial charge in [0.1, 0.15) is 17.5 Å². The van der Waals surface area contributed by atoms with Crippen molar-refractivity contribution in [1.29, 1.82) is 5.26 Å². The van der Waals surface area contributed by atoms with E-state index in [4.69, 9.17) is 14.2 Å². The molecule has 0 fully saturated rings. The van der Waals surface area contributed by atoms with Crippen molar-refractivity contribution in [2.45, 2.75) is 13.8 Å². The number of carbonyl (C=O) groups is 2. The van der Waals surface area contributed by atoms with E-state index in [0.29, 0.717) is 34.9 Å². The number of carbonyl (C=O) groups excluding carboxylic acids is 2. The molecule has 0 aromatic heterocycles. The molecule has 1 heterocycles. The van der Waals surface area contributed by atoms with Crippen molar-refractivity contribution in [1.82, 2.24) is 10.6 Å². The number of rotatable bonds is 7. The van der Waals surface area contributed by atoms with E-state index in [1.807, 2.05) is 19.9 Å². The van der Waals surface area contributed by atoms with Crippen LogP contribution in [0.15, 0.2) is 47.0 Å². The fraction of sp³-hybridized carbons (Fsp3) is 0.280. The first-order valence-corrected chi connectivity index (χ1v) is 10.6. The molecule has 34 heavy (non-hydrogen) atoms. The molecule has 9 heteroatoms. The molecule has 1 aliphatic rings. The molecule has 0 aliphatic carbocycles. The normalized spacial score (nSPS) is 13.4. The molecular weight excluding hydrogens is 436 g/mol. The van der Waals surface area contributed by atoms with Crippen LogP contribution in [0.2, 0.25) is 0 Å². The van der Waals surface area contributed by atoms with Gasteiger partial charge < -0.3 is 24.8 Å². The highest BCUT2D eigenvalue weighted by atomic mass is 16.5. The van der Waals surface area contributed by atoms with Crippen LogP contribution >= 0.6 is 0 Å². The van der Waals surface area contributed by atoms with Gasteiger partial charge in [0.2, 0.25) is 5.75 Å². The predicted octanol–water partition coefficient (Wildman–Crippen LogP) is 2.91. The van der Waals surface area contributed by atoms with Crippen molar-refractivity contribution in [3.8, 4) is 23.3 Å². The standard InChI is InChI=1S/C25H26N4O5/c1-14(2)13-27-25(31)18(12-26)21-16-8-6-7-9-17(16)23(28-21)29-24(30)15-10-19(32-3)22(34-5)20(11-15)33-4/h6-11,14H,13H2,1-5H3,(H,27,31)(H,28,29,30)/b21-18-. The number of nitrogens with one attached hydrogen (secondary N) is 2. The maximum Gasteiger partial charge on any atom is 0.264 e. The van der Waals surface area contributed by atoms with Crippen LogP contribution in [0.3, 0.4) is 0 Å². The Morgan fingerprint density at radius 1 is 1.03 bits per heavy atom. The highest BCUT2D eigenvalue weighted by Crippen LogP contribution is 2.38. The summed E-state index contributed by atoms with van der Waals surface area (Å²) in [5, 5.41) is 15.2. The zero-order valence-corrected chi connectivity index (χ0v) is 19.7. The number of ether oxygens (including phenoxy) is 3. The second kappa shape index (κ2) is 10.5. The monoisotopic (exact) mass is 462 g/mol. The van der Waals surface area contributed by atoms with Gasteiger partial charge in [-0.25, -0.2) is 4.99 Å². The maximum absolute atomic E-state index is 13.1. The molecule has 0 atom stereocenters. The van der Waals surface area contributed by atoms with Crippen LogP contribution in [0.1, 0.15) is 35.3 Å². The summed E-state index contributed by atoms with van der Waals surface area (Å²) < 4.78 is 15.9. The molecule has 2 N–H and O–H groups in total. The number of fused-ring (bicyclic) bond motifs is 1. The zero-order chi connectivity index (χ0) is 24.8. The van der Waals surface area contributed by atoms with E-state index < -0.39 is 11.8 Å². The van der Waals surface area contributed by atoms with E-state index in [9.17, 15) is 14.9 Å². The lowest BCUT2D eigenvalue weighted by atomic mass is 10.0. The number of hydrogen-bond acceptors (Lipinski definition) is 7. The number of hydrogen-bond donors (Lipinski definition) is 2. The summed E-state index contributed by atoms with van der Waals surface area (Å²) in [6.07, 6.45) is 0. The molecule has 0 saturated carbocycles. The first kappa shape index (κ1) is 24.3. The van der Waals surface area contributed by atoms with Crippen LogP contribution in [0.5, 0.6) is 17.2 Å². The number of benzene rings is 2. The largest absolute Gasteiger partial charge is 0.493 e. The van der Waals surface area contributed by atoms with E-state index in [0.717, 1.165) is 0 Å². The lowest BCUT2D eigenvalue weighted by Crippen LogP contribution is -2.30. The first-order chi connectivity index (χ1) is 16.3. The summed E-state index contributed by atoms with van der Waals surface area (Å²) in [6.45, 7) is 4.34. The SMILES string of the molecule is COc1cc(C(=O)NC2=N/C(=C(/C#N)C(=O)NCC(C)C)c3ccccc32)cc(OC)c1OC. The Morgan fingerprint density at radius 3 is 2.18 bits per heavy atom. The summed E-state index contributed by atoms with van der Waals surface area (Å²) in [5.74, 6) is 0.486. The summed E-state index contributed by atoms with van der Waals surface area (Å²) in [5.41, 5.74) is 1.52.